The zero-order valence-electron chi connectivity index (χ0n) is 19.7. The lowest BCUT2D eigenvalue weighted by atomic mass is 10.0. The molecule has 0 saturated heterocycles. The Bertz CT molecular complexity index is 1190. The lowest BCUT2D eigenvalue weighted by Crippen LogP contribution is -2.13. The molecule has 3 rings (SSSR count). The predicted octanol–water partition coefficient (Wildman–Crippen LogP) is 3.93. The summed E-state index contributed by atoms with van der Waals surface area (Å²) in [5, 5.41) is 24.9. The van der Waals surface area contributed by atoms with Gasteiger partial charge < -0.3 is 30.3 Å². The van der Waals surface area contributed by atoms with Crippen LogP contribution < -0.4 is 10.6 Å². The second-order valence-corrected chi connectivity index (χ2v) is 7.08. The normalized spacial score (nSPS) is 9.92. The van der Waals surface area contributed by atoms with Gasteiger partial charge in [-0.2, -0.15) is 9.59 Å². The van der Waals surface area contributed by atoms with Gasteiger partial charge in [0.2, 0.25) is 0 Å². The Hall–Kier alpha value is -4.50. The number of ether oxygens (including phenoxy) is 2. The predicted molar refractivity (Wildman–Crippen MR) is 130 cm³/mol. The van der Waals surface area contributed by atoms with Crippen LogP contribution in [0.3, 0.4) is 0 Å². The highest BCUT2D eigenvalue weighted by Crippen LogP contribution is 2.31. The first-order chi connectivity index (χ1) is 17.3. The van der Waals surface area contributed by atoms with Crippen LogP contribution in [0.4, 0.5) is 22.7 Å². The van der Waals surface area contributed by atoms with Gasteiger partial charge in [0.1, 0.15) is 0 Å². The molecular formula is C26H26N2O8. The van der Waals surface area contributed by atoms with E-state index in [1.54, 1.807) is 32.0 Å². The third-order valence-electron chi connectivity index (χ3n) is 4.69. The van der Waals surface area contributed by atoms with Gasteiger partial charge >= 0.3 is 18.1 Å². The van der Waals surface area contributed by atoms with Crippen molar-refractivity contribution in [2.24, 2.45) is 0 Å². The number of para-hydroxylation sites is 1. The van der Waals surface area contributed by atoms with E-state index in [9.17, 15) is 19.8 Å². The summed E-state index contributed by atoms with van der Waals surface area (Å²) in [4.78, 5) is 41.7. The van der Waals surface area contributed by atoms with Crippen molar-refractivity contribution in [1.29, 1.82) is 0 Å². The Balaban J connectivity index is 0.00000145. The van der Waals surface area contributed by atoms with Crippen molar-refractivity contribution in [2.45, 2.75) is 20.1 Å². The van der Waals surface area contributed by atoms with Crippen LogP contribution in [0.25, 0.3) is 0 Å². The molecule has 0 atom stereocenters. The largest absolute Gasteiger partial charge is 0.462 e. The van der Waals surface area contributed by atoms with Gasteiger partial charge in [-0.05, 0) is 50.2 Å². The van der Waals surface area contributed by atoms with Crippen molar-refractivity contribution < 1.29 is 38.9 Å². The molecule has 0 heterocycles. The number of hydrogen-bond donors (Lipinski definition) is 4. The maximum absolute atomic E-state index is 12.7. The molecule has 36 heavy (non-hydrogen) atoms. The lowest BCUT2D eigenvalue weighted by molar-refractivity contribution is -0.191. The van der Waals surface area contributed by atoms with E-state index in [2.05, 4.69) is 10.6 Å². The van der Waals surface area contributed by atoms with Crippen LogP contribution in [0.15, 0.2) is 66.7 Å². The summed E-state index contributed by atoms with van der Waals surface area (Å²) in [5.41, 5.74) is 2.81. The Labute approximate surface area is 207 Å². The average molecular weight is 495 g/mol. The molecule has 0 spiro atoms. The van der Waals surface area contributed by atoms with Gasteiger partial charge in [0.05, 0.1) is 35.7 Å². The van der Waals surface area contributed by atoms with Crippen molar-refractivity contribution in [1.82, 2.24) is 0 Å². The van der Waals surface area contributed by atoms with E-state index in [-0.39, 0.29) is 30.5 Å². The number of carbonyl (C=O) groups excluding carboxylic acids is 4. The van der Waals surface area contributed by atoms with Crippen LogP contribution in [0, 0.1) is 0 Å². The number of benzene rings is 3. The van der Waals surface area contributed by atoms with E-state index in [1.807, 2.05) is 30.3 Å². The van der Waals surface area contributed by atoms with Gasteiger partial charge in [-0.25, -0.2) is 9.59 Å². The minimum atomic E-state index is -1.59. The van der Waals surface area contributed by atoms with Gasteiger partial charge in [-0.1, -0.05) is 30.3 Å². The van der Waals surface area contributed by atoms with Gasteiger partial charge in [-0.15, -0.1) is 0 Å². The number of anilines is 4. The molecule has 188 valence electrons. The molecule has 0 bridgehead atoms. The topological polar surface area (TPSA) is 151 Å². The van der Waals surface area contributed by atoms with Crippen LogP contribution >= 0.6 is 0 Å². The van der Waals surface area contributed by atoms with E-state index >= 15 is 0 Å². The summed E-state index contributed by atoms with van der Waals surface area (Å²) in [6.07, 6.45) is -1.34. The quantitative estimate of drug-likeness (QED) is 0.254. The van der Waals surface area contributed by atoms with Crippen LogP contribution in [0.5, 0.6) is 0 Å². The number of aliphatic hydroxyl groups excluding tert-OH is 1. The molecular weight excluding hydrogens is 468 g/mol. The highest BCUT2D eigenvalue weighted by molar-refractivity contribution is 6.04. The van der Waals surface area contributed by atoms with Crippen molar-refractivity contribution >= 4 is 40.8 Å². The first kappa shape index (κ1) is 27.7. The van der Waals surface area contributed by atoms with Crippen molar-refractivity contribution in [3.05, 3.63) is 83.4 Å². The van der Waals surface area contributed by atoms with E-state index in [4.69, 9.17) is 19.1 Å². The lowest BCUT2D eigenvalue weighted by Gasteiger charge is -2.18. The number of aliphatic hydroxyl groups is 2. The van der Waals surface area contributed by atoms with E-state index in [0.29, 0.717) is 22.6 Å². The number of hydrogen-bond acceptors (Lipinski definition) is 10. The maximum Gasteiger partial charge on any atom is 0.373 e. The summed E-state index contributed by atoms with van der Waals surface area (Å²) in [6, 6.07) is 18.6. The fourth-order valence-electron chi connectivity index (χ4n) is 3.13. The van der Waals surface area contributed by atoms with Crippen LogP contribution in [0.1, 0.15) is 46.4 Å². The SMILES string of the molecule is CCOC(=O)c1cc(Nc2ccc(C(O)O)cc2)c(C(=O)OCC)cc1Nc1ccccc1.O=C=O. The first-order valence-corrected chi connectivity index (χ1v) is 10.9. The van der Waals surface area contributed by atoms with Gasteiger partial charge in [-0.3, -0.25) is 0 Å². The van der Waals surface area contributed by atoms with Crippen LogP contribution in [-0.2, 0) is 19.1 Å². The number of rotatable bonds is 9. The van der Waals surface area contributed by atoms with E-state index < -0.39 is 18.2 Å². The smallest absolute Gasteiger partial charge is 0.373 e. The van der Waals surface area contributed by atoms with Gasteiger partial charge in [0, 0.05) is 16.9 Å². The van der Waals surface area contributed by atoms with Crippen LogP contribution in [-0.4, -0.2) is 41.5 Å². The minimum absolute atomic E-state index is 0.183. The summed E-state index contributed by atoms with van der Waals surface area (Å²) in [5.74, 6) is -1.11. The summed E-state index contributed by atoms with van der Waals surface area (Å²) < 4.78 is 10.4. The molecule has 4 N–H and O–H groups in total. The molecule has 0 fully saturated rings. The minimum Gasteiger partial charge on any atom is -0.462 e. The molecule has 10 heteroatoms. The average Bonchev–Trinajstić information content (AvgIpc) is 2.86. The zero-order chi connectivity index (χ0) is 26.5. The Morgan fingerprint density at radius 3 is 1.58 bits per heavy atom. The summed E-state index contributed by atoms with van der Waals surface area (Å²) >= 11 is 0. The Kier molecular flexibility index (Phi) is 10.8. The molecule has 0 aliphatic heterocycles. The molecule has 0 radical (unpaired) electrons. The number of nitrogens with one attached hydrogen (secondary N) is 2. The molecule has 0 amide bonds. The maximum atomic E-state index is 12.7. The van der Waals surface area contributed by atoms with Gasteiger partial charge in [0.15, 0.2) is 6.29 Å². The zero-order valence-corrected chi connectivity index (χ0v) is 19.7. The highest BCUT2D eigenvalue weighted by Gasteiger charge is 2.21. The fourth-order valence-corrected chi connectivity index (χ4v) is 3.13. The molecule has 0 aromatic heterocycles. The van der Waals surface area contributed by atoms with Crippen molar-refractivity contribution in [3.8, 4) is 0 Å². The second kappa shape index (κ2) is 14.0. The molecule has 0 unspecified atom stereocenters. The first-order valence-electron chi connectivity index (χ1n) is 10.9. The van der Waals surface area contributed by atoms with Crippen molar-refractivity contribution in [2.75, 3.05) is 23.8 Å². The number of carbonyl (C=O) groups is 2. The molecule has 3 aromatic carbocycles. The third kappa shape index (κ3) is 7.78. The van der Waals surface area contributed by atoms with E-state index in [1.165, 1.54) is 18.2 Å². The Morgan fingerprint density at radius 1 is 0.778 bits per heavy atom. The van der Waals surface area contributed by atoms with E-state index in [0.717, 1.165) is 5.69 Å². The third-order valence-corrected chi connectivity index (χ3v) is 4.69. The fraction of sp³-hybridized carbons (Fsp3) is 0.192. The Morgan fingerprint density at radius 2 is 1.19 bits per heavy atom. The second-order valence-electron chi connectivity index (χ2n) is 7.08. The molecule has 0 saturated carbocycles. The standard InChI is InChI=1S/C25H26N2O6.CO2/c1-3-32-24(30)19-15-22(27-18-12-10-16(11-13-18)23(28)29)20(25(31)33-4-2)14-21(19)26-17-8-6-5-7-9-17;2-1-3/h5-15,23,26-29H,3-4H2,1-2H3;. The monoisotopic (exact) mass is 494 g/mol. The molecule has 0 aliphatic rings. The van der Waals surface area contributed by atoms with Crippen LogP contribution in [0.2, 0.25) is 0 Å². The van der Waals surface area contributed by atoms with Gasteiger partial charge in [0.25, 0.3) is 0 Å². The summed E-state index contributed by atoms with van der Waals surface area (Å²) in [6.45, 7) is 3.80. The highest BCUT2D eigenvalue weighted by atomic mass is 16.5. The summed E-state index contributed by atoms with van der Waals surface area (Å²) in [7, 11) is 0. The molecule has 3 aromatic rings. The van der Waals surface area contributed by atoms with Crippen molar-refractivity contribution in [3.63, 3.8) is 0 Å². The molecule has 10 nitrogen and oxygen atoms in total. The number of esters is 2. The molecule has 0 aliphatic carbocycles.